The van der Waals surface area contributed by atoms with Gasteiger partial charge in [-0.1, -0.05) is 30.3 Å². The van der Waals surface area contributed by atoms with Gasteiger partial charge in [-0.05, 0) is 30.3 Å². The van der Waals surface area contributed by atoms with E-state index in [9.17, 15) is 0 Å². The molecule has 0 saturated carbocycles. The Balaban J connectivity index is 1.61. The van der Waals surface area contributed by atoms with Crippen LogP contribution in [0, 0.1) is 0 Å². The van der Waals surface area contributed by atoms with E-state index in [1.807, 2.05) is 12.4 Å². The van der Waals surface area contributed by atoms with Gasteiger partial charge in [0.05, 0.1) is 22.9 Å². The molecule has 4 heteroatoms. The number of aromatic nitrogens is 4. The van der Waals surface area contributed by atoms with Gasteiger partial charge in [-0.3, -0.25) is 4.98 Å². The van der Waals surface area contributed by atoms with E-state index in [-0.39, 0.29) is 0 Å². The van der Waals surface area contributed by atoms with E-state index in [0.717, 1.165) is 22.4 Å². The molecule has 0 aliphatic carbocycles. The first-order valence-corrected chi connectivity index (χ1v) is 9.39. The van der Waals surface area contributed by atoms with Gasteiger partial charge in [0.1, 0.15) is 5.65 Å². The molecular weight excluding hydrogens is 344 g/mol. The highest BCUT2D eigenvalue weighted by Gasteiger charge is 2.13. The zero-order valence-corrected chi connectivity index (χ0v) is 15.7. The van der Waals surface area contributed by atoms with Crippen molar-refractivity contribution in [3.63, 3.8) is 0 Å². The summed E-state index contributed by atoms with van der Waals surface area (Å²) in [4.78, 5) is 9.29. The molecule has 0 fully saturated rings. The van der Waals surface area contributed by atoms with Gasteiger partial charge < -0.3 is 9.13 Å². The average Bonchev–Trinajstić information content (AvgIpc) is 3.20. The normalized spacial score (nSPS) is 11.9. The van der Waals surface area contributed by atoms with Crippen LogP contribution >= 0.6 is 0 Å². The molecule has 6 rings (SSSR count). The van der Waals surface area contributed by atoms with Crippen LogP contribution in [0.3, 0.4) is 0 Å². The Morgan fingerprint density at radius 2 is 1.46 bits per heavy atom. The second-order valence-electron chi connectivity index (χ2n) is 7.33. The molecule has 134 valence electrons. The second-order valence-corrected chi connectivity index (χ2v) is 7.33. The summed E-state index contributed by atoms with van der Waals surface area (Å²) in [6, 6.07) is 21.4. The van der Waals surface area contributed by atoms with Crippen LogP contribution in [0.4, 0.5) is 0 Å². The molecule has 0 N–H and O–H groups in total. The molecule has 0 bridgehead atoms. The third kappa shape index (κ3) is 1.94. The zero-order chi connectivity index (χ0) is 18.8. The van der Waals surface area contributed by atoms with E-state index in [1.54, 1.807) is 0 Å². The number of rotatable bonds is 1. The van der Waals surface area contributed by atoms with Gasteiger partial charge in [-0.15, -0.1) is 0 Å². The van der Waals surface area contributed by atoms with Gasteiger partial charge >= 0.3 is 0 Å². The maximum absolute atomic E-state index is 5.01. The molecular formula is C24H18N4. The van der Waals surface area contributed by atoms with Gasteiger partial charge in [0, 0.05) is 52.9 Å². The predicted molar refractivity (Wildman–Crippen MR) is 115 cm³/mol. The Bertz CT molecular complexity index is 1420. The summed E-state index contributed by atoms with van der Waals surface area (Å²) in [5.41, 5.74) is 6.67. The van der Waals surface area contributed by atoms with Crippen molar-refractivity contribution in [1.29, 1.82) is 0 Å². The van der Waals surface area contributed by atoms with Gasteiger partial charge in [-0.25, -0.2) is 4.98 Å². The number of benzene rings is 2. The van der Waals surface area contributed by atoms with Gasteiger partial charge in [0.15, 0.2) is 0 Å². The van der Waals surface area contributed by atoms with Crippen molar-refractivity contribution >= 4 is 43.7 Å². The van der Waals surface area contributed by atoms with E-state index in [2.05, 4.69) is 88.9 Å². The summed E-state index contributed by atoms with van der Waals surface area (Å²) in [7, 11) is 4.18. The molecule has 0 atom stereocenters. The van der Waals surface area contributed by atoms with E-state index in [4.69, 9.17) is 4.98 Å². The lowest BCUT2D eigenvalue weighted by Crippen LogP contribution is -1.92. The van der Waals surface area contributed by atoms with Crippen molar-refractivity contribution in [2.24, 2.45) is 14.1 Å². The highest BCUT2D eigenvalue weighted by atomic mass is 15.0. The van der Waals surface area contributed by atoms with E-state index in [1.165, 1.54) is 32.6 Å². The highest BCUT2D eigenvalue weighted by Crippen LogP contribution is 2.33. The number of fused-ring (bicyclic) bond motifs is 6. The topological polar surface area (TPSA) is 35.6 Å². The molecule has 4 heterocycles. The van der Waals surface area contributed by atoms with Crippen LogP contribution in [-0.2, 0) is 14.1 Å². The van der Waals surface area contributed by atoms with Crippen LogP contribution in [0.1, 0.15) is 0 Å². The second kappa shape index (κ2) is 5.42. The predicted octanol–water partition coefficient (Wildman–Crippen LogP) is 5.43. The average molecular weight is 362 g/mol. The van der Waals surface area contributed by atoms with E-state index in [0.29, 0.717) is 0 Å². The monoisotopic (exact) mass is 362 g/mol. The molecule has 0 saturated heterocycles. The number of hydrogen-bond donors (Lipinski definition) is 0. The van der Waals surface area contributed by atoms with Crippen molar-refractivity contribution in [3.05, 3.63) is 73.1 Å². The number of pyridine rings is 2. The molecule has 4 nitrogen and oxygen atoms in total. The molecule has 28 heavy (non-hydrogen) atoms. The summed E-state index contributed by atoms with van der Waals surface area (Å²) >= 11 is 0. The Hall–Kier alpha value is -3.66. The maximum Gasteiger partial charge on any atom is 0.141 e. The molecule has 0 radical (unpaired) electrons. The summed E-state index contributed by atoms with van der Waals surface area (Å²) in [5.74, 6) is 0. The molecule has 0 aliphatic rings. The Morgan fingerprint density at radius 1 is 0.679 bits per heavy atom. The lowest BCUT2D eigenvalue weighted by atomic mass is 10.1. The first-order valence-electron chi connectivity index (χ1n) is 9.39. The Kier molecular flexibility index (Phi) is 2.98. The third-order valence-electron chi connectivity index (χ3n) is 5.85. The van der Waals surface area contributed by atoms with Crippen LogP contribution in [0.2, 0.25) is 0 Å². The minimum absolute atomic E-state index is 0.990. The van der Waals surface area contributed by atoms with Crippen molar-refractivity contribution < 1.29 is 0 Å². The standard InChI is InChI=1S/C24H18N4/c1-27-22-13-15(7-8-17(22)18-11-12-25-14-23(18)27)20-10-9-19-16-5-3-4-6-21(16)28(2)24(19)26-20/h3-14H,1-2H3. The summed E-state index contributed by atoms with van der Waals surface area (Å²) in [6.45, 7) is 0. The quantitative estimate of drug-likeness (QED) is 0.391. The fourth-order valence-corrected chi connectivity index (χ4v) is 4.39. The molecule has 0 spiro atoms. The minimum Gasteiger partial charge on any atom is -0.342 e. The molecule has 4 aromatic heterocycles. The van der Waals surface area contributed by atoms with Crippen LogP contribution in [0.25, 0.3) is 55.0 Å². The first kappa shape index (κ1) is 15.4. The zero-order valence-electron chi connectivity index (χ0n) is 15.7. The number of para-hydroxylation sites is 1. The van der Waals surface area contributed by atoms with E-state index >= 15 is 0 Å². The first-order chi connectivity index (χ1) is 13.7. The highest BCUT2D eigenvalue weighted by molar-refractivity contribution is 6.09. The fourth-order valence-electron chi connectivity index (χ4n) is 4.39. The SMILES string of the molecule is Cn1c2cnccc2c2ccc(-c3ccc4c5ccccc5n(C)c4n3)cc21. The third-order valence-corrected chi connectivity index (χ3v) is 5.85. The van der Waals surface area contributed by atoms with Crippen molar-refractivity contribution in [1.82, 2.24) is 19.1 Å². The number of hydrogen-bond acceptors (Lipinski definition) is 2. The van der Waals surface area contributed by atoms with Gasteiger partial charge in [0.2, 0.25) is 0 Å². The summed E-state index contributed by atoms with van der Waals surface area (Å²) in [5, 5.41) is 4.92. The summed E-state index contributed by atoms with van der Waals surface area (Å²) in [6.07, 6.45) is 3.78. The number of aryl methyl sites for hydroxylation is 2. The van der Waals surface area contributed by atoms with Gasteiger partial charge in [-0.2, -0.15) is 0 Å². The van der Waals surface area contributed by atoms with Crippen LogP contribution in [0.15, 0.2) is 73.1 Å². The van der Waals surface area contributed by atoms with Crippen LogP contribution < -0.4 is 0 Å². The molecule has 0 amide bonds. The maximum atomic E-state index is 5.01. The van der Waals surface area contributed by atoms with Crippen LogP contribution in [-0.4, -0.2) is 19.1 Å². The minimum atomic E-state index is 0.990. The Morgan fingerprint density at radius 3 is 2.39 bits per heavy atom. The fraction of sp³-hybridized carbons (Fsp3) is 0.0833. The molecule has 6 aromatic rings. The van der Waals surface area contributed by atoms with Crippen molar-refractivity contribution in [2.75, 3.05) is 0 Å². The largest absolute Gasteiger partial charge is 0.342 e. The summed E-state index contributed by atoms with van der Waals surface area (Å²) < 4.78 is 4.38. The lowest BCUT2D eigenvalue weighted by molar-refractivity contribution is 0.990. The van der Waals surface area contributed by atoms with Gasteiger partial charge in [0.25, 0.3) is 0 Å². The van der Waals surface area contributed by atoms with E-state index < -0.39 is 0 Å². The number of nitrogens with zero attached hydrogens (tertiary/aromatic N) is 4. The molecule has 0 unspecified atom stereocenters. The smallest absolute Gasteiger partial charge is 0.141 e. The molecule has 2 aromatic carbocycles. The Labute approximate surface area is 161 Å². The van der Waals surface area contributed by atoms with Crippen molar-refractivity contribution in [3.8, 4) is 11.3 Å². The lowest BCUT2D eigenvalue weighted by Gasteiger charge is -2.05. The van der Waals surface area contributed by atoms with Crippen LogP contribution in [0.5, 0.6) is 0 Å². The molecule has 0 aliphatic heterocycles. The van der Waals surface area contributed by atoms with Crippen molar-refractivity contribution in [2.45, 2.75) is 0 Å².